The molecule has 0 bridgehead atoms. The van der Waals surface area contributed by atoms with Crippen molar-refractivity contribution in [1.82, 2.24) is 4.90 Å². The highest BCUT2D eigenvalue weighted by atomic mass is 16.2. The van der Waals surface area contributed by atoms with Gasteiger partial charge in [0.05, 0.1) is 11.8 Å². The topological polar surface area (TPSA) is 66.5 Å². The summed E-state index contributed by atoms with van der Waals surface area (Å²) in [5.41, 5.74) is 1.76. The van der Waals surface area contributed by atoms with Crippen LogP contribution < -0.4 is 5.32 Å². The zero-order chi connectivity index (χ0) is 15.7. The maximum Gasteiger partial charge on any atom is 0.244 e. The molecule has 1 aromatic carbocycles. The van der Waals surface area contributed by atoms with Gasteiger partial charge >= 0.3 is 0 Å². The molecule has 1 heterocycles. The fourth-order valence-electron chi connectivity index (χ4n) is 3.01. The molecule has 3 amide bonds. The minimum atomic E-state index is -0.350. The summed E-state index contributed by atoms with van der Waals surface area (Å²) in [7, 11) is 0. The number of nitrogens with zero attached hydrogens (tertiary/aromatic N) is 1. The van der Waals surface area contributed by atoms with Crippen LogP contribution in [0.5, 0.6) is 0 Å². The second kappa shape index (κ2) is 5.75. The van der Waals surface area contributed by atoms with Crippen molar-refractivity contribution in [3.05, 3.63) is 42.0 Å². The van der Waals surface area contributed by atoms with Crippen LogP contribution in [-0.2, 0) is 14.4 Å². The van der Waals surface area contributed by atoms with Crippen LogP contribution in [0.4, 0.5) is 5.69 Å². The Morgan fingerprint density at radius 1 is 1.09 bits per heavy atom. The molecule has 0 aromatic heterocycles. The lowest BCUT2D eigenvalue weighted by Gasteiger charge is -2.14. The Labute approximate surface area is 129 Å². The number of nitrogens with one attached hydrogen (secondary N) is 1. The summed E-state index contributed by atoms with van der Waals surface area (Å²) in [5.74, 6) is -1.37. The first-order chi connectivity index (χ1) is 10.6. The molecule has 22 heavy (non-hydrogen) atoms. The maximum absolute atomic E-state index is 12.3. The number of carbonyl (C=O) groups is 3. The molecule has 5 nitrogen and oxygen atoms in total. The number of allylic oxidation sites excluding steroid dienone is 2. The predicted octanol–water partition coefficient (Wildman–Crippen LogP) is 1.88. The lowest BCUT2D eigenvalue weighted by atomic mass is 9.85. The highest BCUT2D eigenvalue weighted by Crippen LogP contribution is 2.34. The molecule has 2 atom stereocenters. The van der Waals surface area contributed by atoms with E-state index in [9.17, 15) is 14.4 Å². The van der Waals surface area contributed by atoms with Gasteiger partial charge in [-0.05, 0) is 31.9 Å². The lowest BCUT2D eigenvalue weighted by molar-refractivity contribution is -0.142. The van der Waals surface area contributed by atoms with Crippen LogP contribution in [-0.4, -0.2) is 29.2 Å². The maximum atomic E-state index is 12.3. The molecule has 3 rings (SSSR count). The van der Waals surface area contributed by atoms with Gasteiger partial charge in [0.25, 0.3) is 0 Å². The van der Waals surface area contributed by atoms with Gasteiger partial charge in [-0.3, -0.25) is 19.3 Å². The van der Waals surface area contributed by atoms with Crippen LogP contribution >= 0.6 is 0 Å². The quantitative estimate of drug-likeness (QED) is 0.684. The van der Waals surface area contributed by atoms with Crippen molar-refractivity contribution in [2.75, 3.05) is 11.9 Å². The number of rotatable bonds is 3. The van der Waals surface area contributed by atoms with E-state index < -0.39 is 0 Å². The van der Waals surface area contributed by atoms with Crippen molar-refractivity contribution in [1.29, 1.82) is 0 Å². The first kappa shape index (κ1) is 14.5. The van der Waals surface area contributed by atoms with Gasteiger partial charge in [-0.15, -0.1) is 0 Å². The molecular formula is C17H18N2O3. The molecule has 0 saturated carbocycles. The number of anilines is 1. The van der Waals surface area contributed by atoms with E-state index in [-0.39, 0.29) is 36.1 Å². The molecule has 2 unspecified atom stereocenters. The van der Waals surface area contributed by atoms with Gasteiger partial charge in [-0.25, -0.2) is 0 Å². The van der Waals surface area contributed by atoms with Crippen molar-refractivity contribution in [2.45, 2.75) is 19.8 Å². The van der Waals surface area contributed by atoms with Crippen molar-refractivity contribution in [2.24, 2.45) is 11.8 Å². The first-order valence-corrected chi connectivity index (χ1v) is 7.43. The Morgan fingerprint density at radius 3 is 2.18 bits per heavy atom. The number of likely N-dealkylation sites (tertiary alicyclic amines) is 1. The van der Waals surface area contributed by atoms with Crippen molar-refractivity contribution < 1.29 is 14.4 Å². The van der Waals surface area contributed by atoms with E-state index in [1.54, 1.807) is 12.1 Å². The van der Waals surface area contributed by atoms with E-state index in [0.717, 1.165) is 10.5 Å². The monoisotopic (exact) mass is 298 g/mol. The van der Waals surface area contributed by atoms with Crippen LogP contribution in [0.25, 0.3) is 0 Å². The third kappa shape index (κ3) is 2.66. The highest BCUT2D eigenvalue weighted by molar-refractivity contribution is 6.08. The number of fused-ring (bicyclic) bond motifs is 1. The number of benzene rings is 1. The third-order valence-electron chi connectivity index (χ3n) is 4.24. The summed E-state index contributed by atoms with van der Waals surface area (Å²) in [6, 6.07) is 7.37. The largest absolute Gasteiger partial charge is 0.325 e. The van der Waals surface area contributed by atoms with E-state index in [2.05, 4.69) is 5.32 Å². The predicted molar refractivity (Wildman–Crippen MR) is 81.9 cm³/mol. The van der Waals surface area contributed by atoms with Crippen LogP contribution in [0.1, 0.15) is 18.4 Å². The van der Waals surface area contributed by atoms with E-state index >= 15 is 0 Å². The number of carbonyl (C=O) groups excluding carboxylic acids is 3. The molecule has 1 aliphatic heterocycles. The number of aryl methyl sites for hydroxylation is 1. The number of hydrogen-bond donors (Lipinski definition) is 1. The average Bonchev–Trinajstić information content (AvgIpc) is 2.75. The number of amides is 3. The molecule has 1 aliphatic carbocycles. The van der Waals surface area contributed by atoms with E-state index in [4.69, 9.17) is 0 Å². The number of hydrogen-bond acceptors (Lipinski definition) is 3. The molecule has 1 N–H and O–H groups in total. The van der Waals surface area contributed by atoms with Crippen molar-refractivity contribution >= 4 is 23.4 Å². The molecule has 0 spiro atoms. The van der Waals surface area contributed by atoms with E-state index in [1.165, 1.54) is 0 Å². The Hall–Kier alpha value is -2.43. The molecule has 1 aromatic rings. The zero-order valence-corrected chi connectivity index (χ0v) is 12.4. The Balaban J connectivity index is 1.65. The minimum absolute atomic E-state index is 0.210. The summed E-state index contributed by atoms with van der Waals surface area (Å²) < 4.78 is 0. The van der Waals surface area contributed by atoms with Gasteiger partial charge in [0, 0.05) is 5.69 Å². The standard InChI is InChI=1S/C17H18N2O3/c1-11-6-8-12(9-7-11)18-15(20)10-19-16(21)13-4-2-3-5-14(13)17(19)22/h2-3,6-9,13-14H,4-5,10H2,1H3,(H,18,20). The molecule has 114 valence electrons. The van der Waals surface area contributed by atoms with Gasteiger partial charge in [-0.1, -0.05) is 29.8 Å². The van der Waals surface area contributed by atoms with E-state index in [0.29, 0.717) is 18.5 Å². The van der Waals surface area contributed by atoms with E-state index in [1.807, 2.05) is 31.2 Å². The van der Waals surface area contributed by atoms with Crippen LogP contribution in [0.3, 0.4) is 0 Å². The first-order valence-electron chi connectivity index (χ1n) is 7.43. The summed E-state index contributed by atoms with van der Waals surface area (Å²) in [5, 5.41) is 2.72. The summed E-state index contributed by atoms with van der Waals surface area (Å²) in [6.07, 6.45) is 5.04. The molecule has 2 aliphatic rings. The lowest BCUT2D eigenvalue weighted by Crippen LogP contribution is -2.38. The van der Waals surface area contributed by atoms with Crippen LogP contribution in [0, 0.1) is 18.8 Å². The molecule has 5 heteroatoms. The average molecular weight is 298 g/mol. The summed E-state index contributed by atoms with van der Waals surface area (Å²) in [4.78, 5) is 37.7. The third-order valence-corrected chi connectivity index (χ3v) is 4.24. The fraction of sp³-hybridized carbons (Fsp3) is 0.353. The molecule has 1 saturated heterocycles. The fourth-order valence-corrected chi connectivity index (χ4v) is 3.01. The van der Waals surface area contributed by atoms with Gasteiger partial charge in [0.2, 0.25) is 17.7 Å². The summed E-state index contributed by atoms with van der Waals surface area (Å²) in [6.45, 7) is 1.75. The highest BCUT2D eigenvalue weighted by Gasteiger charge is 2.47. The van der Waals surface area contributed by atoms with Crippen molar-refractivity contribution in [3.63, 3.8) is 0 Å². The van der Waals surface area contributed by atoms with Gasteiger partial charge < -0.3 is 5.32 Å². The molecular weight excluding hydrogens is 280 g/mol. The number of imide groups is 1. The molecule has 1 fully saturated rings. The summed E-state index contributed by atoms with van der Waals surface area (Å²) >= 11 is 0. The molecule has 0 radical (unpaired) electrons. The zero-order valence-electron chi connectivity index (χ0n) is 12.4. The Bertz CT molecular complexity index is 622. The van der Waals surface area contributed by atoms with Gasteiger partial charge in [0.1, 0.15) is 6.54 Å². The Kier molecular flexibility index (Phi) is 3.79. The van der Waals surface area contributed by atoms with Crippen LogP contribution in [0.15, 0.2) is 36.4 Å². The Morgan fingerprint density at radius 2 is 1.64 bits per heavy atom. The minimum Gasteiger partial charge on any atom is -0.325 e. The van der Waals surface area contributed by atoms with Gasteiger partial charge in [0.15, 0.2) is 0 Å². The second-order valence-electron chi connectivity index (χ2n) is 5.83. The van der Waals surface area contributed by atoms with Gasteiger partial charge in [-0.2, -0.15) is 0 Å². The van der Waals surface area contributed by atoms with Crippen molar-refractivity contribution in [3.8, 4) is 0 Å². The second-order valence-corrected chi connectivity index (χ2v) is 5.83. The van der Waals surface area contributed by atoms with Crippen LogP contribution in [0.2, 0.25) is 0 Å². The normalized spacial score (nSPS) is 23.6. The smallest absolute Gasteiger partial charge is 0.244 e. The SMILES string of the molecule is Cc1ccc(NC(=O)CN2C(=O)C3CC=CCC3C2=O)cc1.